The molecule has 2 fully saturated rings. The second kappa shape index (κ2) is 5.78. The highest BCUT2D eigenvalue weighted by molar-refractivity contribution is 6.31. The first-order valence-corrected chi connectivity index (χ1v) is 7.86. The Morgan fingerprint density at radius 1 is 1.35 bits per heavy atom. The molecule has 20 heavy (non-hydrogen) atoms. The average molecular weight is 297 g/mol. The molecule has 2 atom stereocenters. The summed E-state index contributed by atoms with van der Waals surface area (Å²) in [6, 6.07) is 2.26. The highest BCUT2D eigenvalue weighted by Crippen LogP contribution is 2.37. The Morgan fingerprint density at radius 3 is 2.80 bits per heavy atom. The third kappa shape index (κ3) is 2.86. The van der Waals surface area contributed by atoms with E-state index in [1.54, 1.807) is 6.07 Å². The van der Waals surface area contributed by atoms with E-state index < -0.39 is 0 Å². The van der Waals surface area contributed by atoms with Gasteiger partial charge in [-0.25, -0.2) is 0 Å². The number of rotatable bonds is 4. The van der Waals surface area contributed by atoms with Crippen LogP contribution in [0.4, 0.5) is 0 Å². The van der Waals surface area contributed by atoms with Crippen LogP contribution in [0, 0.1) is 5.92 Å². The van der Waals surface area contributed by atoms with Gasteiger partial charge in [-0.1, -0.05) is 24.4 Å². The molecule has 0 aromatic carbocycles. The maximum absolute atomic E-state index is 12.5. The minimum atomic E-state index is -0.0610. The summed E-state index contributed by atoms with van der Waals surface area (Å²) in [5.74, 6) is 0.127. The molecule has 1 heterocycles. The van der Waals surface area contributed by atoms with Gasteiger partial charge in [0.1, 0.15) is 5.69 Å². The van der Waals surface area contributed by atoms with Crippen molar-refractivity contribution in [2.75, 3.05) is 6.61 Å². The van der Waals surface area contributed by atoms with Gasteiger partial charge >= 0.3 is 0 Å². The first kappa shape index (κ1) is 14.0. The van der Waals surface area contributed by atoms with Crippen molar-refractivity contribution in [1.82, 2.24) is 9.88 Å². The van der Waals surface area contributed by atoms with E-state index in [2.05, 4.69) is 5.32 Å². The lowest BCUT2D eigenvalue weighted by atomic mass is 9.85. The molecule has 0 saturated heterocycles. The van der Waals surface area contributed by atoms with Crippen LogP contribution in [-0.2, 0) is 0 Å². The molecule has 2 unspecified atom stereocenters. The Hall–Kier alpha value is -1.00. The number of nitrogens with one attached hydrogen (secondary N) is 1. The molecule has 0 spiro atoms. The fourth-order valence-electron chi connectivity index (χ4n) is 3.14. The molecule has 1 aromatic rings. The van der Waals surface area contributed by atoms with Crippen LogP contribution in [0.15, 0.2) is 12.3 Å². The minimum Gasteiger partial charge on any atom is -0.396 e. The predicted octanol–water partition coefficient (Wildman–Crippen LogP) is 2.76. The largest absolute Gasteiger partial charge is 0.396 e. The van der Waals surface area contributed by atoms with Gasteiger partial charge in [-0.2, -0.15) is 0 Å². The van der Waals surface area contributed by atoms with Gasteiger partial charge in [-0.3, -0.25) is 4.79 Å². The van der Waals surface area contributed by atoms with Crippen LogP contribution in [0.5, 0.6) is 0 Å². The van der Waals surface area contributed by atoms with Gasteiger partial charge in [0.25, 0.3) is 5.91 Å². The predicted molar refractivity (Wildman–Crippen MR) is 78.0 cm³/mol. The summed E-state index contributed by atoms with van der Waals surface area (Å²) in [5.41, 5.74) is 0.653. The van der Waals surface area contributed by atoms with E-state index in [-0.39, 0.29) is 24.5 Å². The standard InChI is InChI=1S/C15H21ClN2O2/c16-11-7-14(18(8-11)12-5-6-12)15(20)17-13-4-2-1-3-10(13)9-19/h7-8,10,12-13,19H,1-6,9H2,(H,17,20). The highest BCUT2D eigenvalue weighted by atomic mass is 35.5. The van der Waals surface area contributed by atoms with E-state index in [9.17, 15) is 9.90 Å². The molecule has 2 aliphatic carbocycles. The summed E-state index contributed by atoms with van der Waals surface area (Å²) in [7, 11) is 0. The molecule has 2 saturated carbocycles. The van der Waals surface area contributed by atoms with Crippen molar-refractivity contribution in [2.24, 2.45) is 5.92 Å². The smallest absolute Gasteiger partial charge is 0.268 e. The molecule has 5 heteroatoms. The van der Waals surface area contributed by atoms with Gasteiger partial charge < -0.3 is 15.0 Å². The van der Waals surface area contributed by atoms with E-state index >= 15 is 0 Å². The number of aliphatic hydroxyl groups excluding tert-OH is 1. The number of hydrogen-bond donors (Lipinski definition) is 2. The number of amides is 1. The van der Waals surface area contributed by atoms with Crippen LogP contribution >= 0.6 is 11.6 Å². The molecule has 110 valence electrons. The van der Waals surface area contributed by atoms with Crippen molar-refractivity contribution < 1.29 is 9.90 Å². The van der Waals surface area contributed by atoms with Crippen LogP contribution in [0.1, 0.15) is 55.1 Å². The van der Waals surface area contributed by atoms with Crippen molar-refractivity contribution in [3.8, 4) is 0 Å². The lowest BCUT2D eigenvalue weighted by Crippen LogP contribution is -2.43. The van der Waals surface area contributed by atoms with Crippen LogP contribution < -0.4 is 5.32 Å². The fourth-order valence-corrected chi connectivity index (χ4v) is 3.35. The molecule has 1 amide bonds. The third-order valence-corrected chi connectivity index (χ3v) is 4.65. The number of nitrogens with zero attached hydrogens (tertiary/aromatic N) is 1. The second-order valence-electron chi connectivity index (χ2n) is 5.99. The first-order chi connectivity index (χ1) is 9.69. The number of hydrogen-bond acceptors (Lipinski definition) is 2. The second-order valence-corrected chi connectivity index (χ2v) is 6.43. The molecule has 2 N–H and O–H groups in total. The first-order valence-electron chi connectivity index (χ1n) is 7.48. The normalized spacial score (nSPS) is 26.5. The zero-order valence-corrected chi connectivity index (χ0v) is 12.3. The Morgan fingerprint density at radius 2 is 2.10 bits per heavy atom. The van der Waals surface area contributed by atoms with Crippen molar-refractivity contribution >= 4 is 17.5 Å². The summed E-state index contributed by atoms with van der Waals surface area (Å²) < 4.78 is 1.99. The SMILES string of the molecule is O=C(NC1CCCCC1CO)c1cc(Cl)cn1C1CC1. The lowest BCUT2D eigenvalue weighted by Gasteiger charge is -2.30. The van der Waals surface area contributed by atoms with Crippen molar-refractivity contribution in [3.63, 3.8) is 0 Å². The molecular formula is C15H21ClN2O2. The number of aromatic nitrogens is 1. The number of halogens is 1. The Balaban J connectivity index is 1.72. The Bertz CT molecular complexity index is 496. The molecule has 0 bridgehead atoms. The van der Waals surface area contributed by atoms with Gasteiger partial charge in [0, 0.05) is 30.8 Å². The number of carbonyl (C=O) groups is 1. The van der Waals surface area contributed by atoms with Crippen LogP contribution in [0.25, 0.3) is 0 Å². The summed E-state index contributed by atoms with van der Waals surface area (Å²) in [4.78, 5) is 12.5. The maximum Gasteiger partial charge on any atom is 0.268 e. The molecule has 0 aliphatic heterocycles. The zero-order valence-electron chi connectivity index (χ0n) is 11.5. The number of aliphatic hydroxyl groups is 1. The fraction of sp³-hybridized carbons (Fsp3) is 0.667. The molecule has 3 rings (SSSR count). The summed E-state index contributed by atoms with van der Waals surface area (Å²) >= 11 is 6.04. The lowest BCUT2D eigenvalue weighted by molar-refractivity contribution is 0.0863. The van der Waals surface area contributed by atoms with Gasteiger partial charge in [-0.15, -0.1) is 0 Å². The monoisotopic (exact) mass is 296 g/mol. The van der Waals surface area contributed by atoms with Gasteiger partial charge in [0.05, 0.1) is 5.02 Å². The Labute approximate surface area is 124 Å². The van der Waals surface area contributed by atoms with Gasteiger partial charge in [-0.05, 0) is 31.7 Å². The van der Waals surface area contributed by atoms with Gasteiger partial charge in [0.15, 0.2) is 0 Å². The van der Waals surface area contributed by atoms with Crippen LogP contribution in [0.2, 0.25) is 5.02 Å². The van der Waals surface area contributed by atoms with E-state index in [1.165, 1.54) is 0 Å². The van der Waals surface area contributed by atoms with Crippen molar-refractivity contribution in [1.29, 1.82) is 0 Å². The summed E-state index contributed by atoms with van der Waals surface area (Å²) in [5, 5.41) is 13.1. The molecule has 1 aromatic heterocycles. The molecule has 2 aliphatic rings. The molecular weight excluding hydrogens is 276 g/mol. The highest BCUT2D eigenvalue weighted by Gasteiger charge is 2.30. The topological polar surface area (TPSA) is 54.3 Å². The Kier molecular flexibility index (Phi) is 4.03. The summed E-state index contributed by atoms with van der Waals surface area (Å²) in [6.07, 6.45) is 8.29. The molecule has 0 radical (unpaired) electrons. The van der Waals surface area contributed by atoms with E-state index in [0.29, 0.717) is 16.8 Å². The van der Waals surface area contributed by atoms with Crippen molar-refractivity contribution in [3.05, 3.63) is 23.0 Å². The quantitative estimate of drug-likeness (QED) is 0.897. The minimum absolute atomic E-state index is 0.0610. The van der Waals surface area contributed by atoms with Crippen LogP contribution in [-0.4, -0.2) is 28.2 Å². The number of carbonyl (C=O) groups excluding carboxylic acids is 1. The maximum atomic E-state index is 12.5. The third-order valence-electron chi connectivity index (χ3n) is 4.45. The zero-order chi connectivity index (χ0) is 14.1. The summed E-state index contributed by atoms with van der Waals surface area (Å²) in [6.45, 7) is 0.148. The van der Waals surface area contributed by atoms with E-state index in [0.717, 1.165) is 38.5 Å². The average Bonchev–Trinajstić information content (AvgIpc) is 3.22. The van der Waals surface area contributed by atoms with E-state index in [4.69, 9.17) is 11.6 Å². The van der Waals surface area contributed by atoms with Crippen molar-refractivity contribution in [2.45, 2.75) is 50.6 Å². The van der Waals surface area contributed by atoms with E-state index in [1.807, 2.05) is 10.8 Å². The van der Waals surface area contributed by atoms with Gasteiger partial charge in [0.2, 0.25) is 0 Å². The van der Waals surface area contributed by atoms with Crippen LogP contribution in [0.3, 0.4) is 0 Å². The molecule has 4 nitrogen and oxygen atoms in total.